The third-order valence-electron chi connectivity index (χ3n) is 4.71. The molecule has 0 heterocycles. The van der Waals surface area contributed by atoms with E-state index in [4.69, 9.17) is 4.74 Å². The molecule has 0 N–H and O–H groups in total. The summed E-state index contributed by atoms with van der Waals surface area (Å²) in [5.41, 5.74) is 1.09. The molecule has 3 heteroatoms. The molecule has 0 unspecified atom stereocenters. The predicted octanol–water partition coefficient (Wildman–Crippen LogP) is 5.69. The van der Waals surface area contributed by atoms with Crippen LogP contribution in [-0.2, 0) is 14.3 Å². The lowest BCUT2D eigenvalue weighted by atomic mass is 9.91. The first-order valence-electron chi connectivity index (χ1n) is 9.66. The maximum atomic E-state index is 12.2. The molecule has 0 spiro atoms. The maximum absolute atomic E-state index is 12.2. The Morgan fingerprint density at radius 1 is 0.833 bits per heavy atom. The summed E-state index contributed by atoms with van der Waals surface area (Å²) in [7, 11) is 1.47. The van der Waals surface area contributed by atoms with Crippen molar-refractivity contribution in [3.63, 3.8) is 0 Å². The summed E-state index contributed by atoms with van der Waals surface area (Å²) in [6.07, 6.45) is 16.0. The summed E-state index contributed by atoms with van der Waals surface area (Å²) < 4.78 is 5.15. The minimum absolute atomic E-state index is 0.0291. The molecule has 0 aromatic rings. The van der Waals surface area contributed by atoms with Crippen molar-refractivity contribution in [2.24, 2.45) is 0 Å². The molecule has 0 aromatic carbocycles. The fourth-order valence-corrected chi connectivity index (χ4v) is 3.23. The van der Waals surface area contributed by atoms with Gasteiger partial charge in [-0.2, -0.15) is 0 Å². The summed E-state index contributed by atoms with van der Waals surface area (Å²) in [6.45, 7) is 3.95. The second-order valence-corrected chi connectivity index (χ2v) is 6.82. The van der Waals surface area contributed by atoms with E-state index < -0.39 is 0 Å². The standard InChI is InChI=1S/C21H34O3/c1-4-5-6-7-8-9-10-11-12-13-14-15-18-20(23)17(2)16-19(22)21(18)24-3/h16H,4-15H2,1-3H3. The van der Waals surface area contributed by atoms with Crippen LogP contribution >= 0.6 is 0 Å². The molecule has 1 aliphatic rings. The van der Waals surface area contributed by atoms with Crippen molar-refractivity contribution < 1.29 is 14.3 Å². The van der Waals surface area contributed by atoms with Gasteiger partial charge in [-0.15, -0.1) is 0 Å². The van der Waals surface area contributed by atoms with Crippen molar-refractivity contribution in [3.05, 3.63) is 23.0 Å². The van der Waals surface area contributed by atoms with Crippen LogP contribution in [0.4, 0.5) is 0 Å². The van der Waals surface area contributed by atoms with Gasteiger partial charge >= 0.3 is 0 Å². The smallest absolute Gasteiger partial charge is 0.221 e. The zero-order valence-electron chi connectivity index (χ0n) is 15.8. The van der Waals surface area contributed by atoms with Crippen LogP contribution in [0.25, 0.3) is 0 Å². The summed E-state index contributed by atoms with van der Waals surface area (Å²) in [5, 5.41) is 0. The number of hydrogen-bond acceptors (Lipinski definition) is 3. The number of hydrogen-bond donors (Lipinski definition) is 0. The summed E-state index contributed by atoms with van der Waals surface area (Å²) in [5.74, 6) is 0.0453. The molecule has 0 amide bonds. The Labute approximate surface area is 147 Å². The van der Waals surface area contributed by atoms with Crippen LogP contribution in [0.1, 0.15) is 90.9 Å². The molecular weight excluding hydrogens is 300 g/mol. The van der Waals surface area contributed by atoms with Crippen LogP contribution in [0.2, 0.25) is 0 Å². The molecule has 3 nitrogen and oxygen atoms in total. The minimum atomic E-state index is -0.173. The first kappa shape index (κ1) is 20.7. The van der Waals surface area contributed by atoms with Gasteiger partial charge in [0, 0.05) is 11.1 Å². The van der Waals surface area contributed by atoms with Gasteiger partial charge in [0.25, 0.3) is 0 Å². The van der Waals surface area contributed by atoms with E-state index in [1.54, 1.807) is 6.92 Å². The fourth-order valence-electron chi connectivity index (χ4n) is 3.23. The van der Waals surface area contributed by atoms with Crippen LogP contribution < -0.4 is 0 Å². The molecule has 0 saturated carbocycles. The highest BCUT2D eigenvalue weighted by molar-refractivity contribution is 6.21. The van der Waals surface area contributed by atoms with Crippen molar-refractivity contribution in [1.29, 1.82) is 0 Å². The Balaban J connectivity index is 2.16. The lowest BCUT2D eigenvalue weighted by Gasteiger charge is -2.16. The third-order valence-corrected chi connectivity index (χ3v) is 4.71. The normalized spacial score (nSPS) is 15.0. The first-order chi connectivity index (χ1) is 11.6. The van der Waals surface area contributed by atoms with Crippen LogP contribution in [-0.4, -0.2) is 18.7 Å². The molecule has 0 saturated heterocycles. The number of carbonyl (C=O) groups is 2. The monoisotopic (exact) mass is 334 g/mol. The van der Waals surface area contributed by atoms with Crippen LogP contribution in [0.5, 0.6) is 0 Å². The van der Waals surface area contributed by atoms with Gasteiger partial charge in [0.05, 0.1) is 7.11 Å². The first-order valence-corrected chi connectivity index (χ1v) is 9.66. The van der Waals surface area contributed by atoms with E-state index in [2.05, 4.69) is 6.92 Å². The lowest BCUT2D eigenvalue weighted by Crippen LogP contribution is -2.19. The second kappa shape index (κ2) is 12.0. The number of unbranched alkanes of at least 4 members (excludes halogenated alkanes) is 10. The average Bonchev–Trinajstić information content (AvgIpc) is 2.57. The highest BCUT2D eigenvalue weighted by atomic mass is 16.5. The summed E-state index contributed by atoms with van der Waals surface area (Å²) >= 11 is 0. The van der Waals surface area contributed by atoms with Gasteiger partial charge < -0.3 is 4.74 Å². The molecule has 0 atom stereocenters. The van der Waals surface area contributed by atoms with Crippen molar-refractivity contribution in [2.45, 2.75) is 90.9 Å². The largest absolute Gasteiger partial charge is 0.492 e. The zero-order chi connectivity index (χ0) is 17.8. The van der Waals surface area contributed by atoms with Crippen LogP contribution in [0, 0.1) is 0 Å². The van der Waals surface area contributed by atoms with Crippen molar-refractivity contribution in [2.75, 3.05) is 7.11 Å². The topological polar surface area (TPSA) is 43.4 Å². The number of rotatable bonds is 13. The summed E-state index contributed by atoms with van der Waals surface area (Å²) in [6, 6.07) is 0. The number of allylic oxidation sites excluding steroid dienone is 3. The van der Waals surface area contributed by atoms with E-state index in [0.29, 0.717) is 17.6 Å². The Morgan fingerprint density at radius 2 is 1.33 bits per heavy atom. The van der Waals surface area contributed by atoms with Gasteiger partial charge in [-0.25, -0.2) is 0 Å². The van der Waals surface area contributed by atoms with E-state index in [-0.39, 0.29) is 17.3 Å². The average molecular weight is 335 g/mol. The van der Waals surface area contributed by atoms with Gasteiger partial charge in [0.2, 0.25) is 5.78 Å². The molecule has 136 valence electrons. The quantitative estimate of drug-likeness (QED) is 0.321. The van der Waals surface area contributed by atoms with Gasteiger partial charge in [-0.05, 0) is 25.8 Å². The van der Waals surface area contributed by atoms with E-state index in [1.807, 2.05) is 0 Å². The van der Waals surface area contributed by atoms with E-state index in [1.165, 1.54) is 71.0 Å². The predicted molar refractivity (Wildman–Crippen MR) is 98.9 cm³/mol. The molecule has 24 heavy (non-hydrogen) atoms. The number of carbonyl (C=O) groups excluding carboxylic acids is 2. The lowest BCUT2D eigenvalue weighted by molar-refractivity contribution is -0.118. The van der Waals surface area contributed by atoms with Gasteiger partial charge in [0.1, 0.15) is 0 Å². The minimum Gasteiger partial charge on any atom is -0.492 e. The molecule has 0 radical (unpaired) electrons. The molecule has 0 aliphatic heterocycles. The highest BCUT2D eigenvalue weighted by Crippen LogP contribution is 2.24. The van der Waals surface area contributed by atoms with E-state index in [0.717, 1.165) is 12.8 Å². The molecule has 0 aromatic heterocycles. The SMILES string of the molecule is CCCCCCCCCCCCCC1=C(OC)C(=O)C=C(C)C1=O. The third kappa shape index (κ3) is 7.02. The number of ether oxygens (including phenoxy) is 1. The fraction of sp³-hybridized carbons (Fsp3) is 0.714. The Morgan fingerprint density at radius 3 is 1.83 bits per heavy atom. The van der Waals surface area contributed by atoms with Crippen molar-refractivity contribution in [1.82, 2.24) is 0 Å². The molecule has 1 rings (SSSR count). The molecular formula is C21H34O3. The van der Waals surface area contributed by atoms with E-state index in [9.17, 15) is 9.59 Å². The second-order valence-electron chi connectivity index (χ2n) is 6.82. The van der Waals surface area contributed by atoms with Crippen LogP contribution in [0.3, 0.4) is 0 Å². The zero-order valence-corrected chi connectivity index (χ0v) is 15.8. The van der Waals surface area contributed by atoms with Gasteiger partial charge in [0.15, 0.2) is 11.5 Å². The van der Waals surface area contributed by atoms with Crippen molar-refractivity contribution in [3.8, 4) is 0 Å². The molecule has 0 fully saturated rings. The van der Waals surface area contributed by atoms with Crippen LogP contribution in [0.15, 0.2) is 23.0 Å². The molecule has 1 aliphatic carbocycles. The van der Waals surface area contributed by atoms with Gasteiger partial charge in [-0.3, -0.25) is 9.59 Å². The number of ketones is 2. The number of methoxy groups -OCH3 is 1. The summed E-state index contributed by atoms with van der Waals surface area (Å²) in [4.78, 5) is 24.1. The highest BCUT2D eigenvalue weighted by Gasteiger charge is 2.26. The Bertz CT molecular complexity index is 471. The Hall–Kier alpha value is -1.38. The molecule has 0 bridgehead atoms. The maximum Gasteiger partial charge on any atom is 0.221 e. The Kier molecular flexibility index (Phi) is 10.4. The van der Waals surface area contributed by atoms with Gasteiger partial charge in [-0.1, -0.05) is 71.1 Å². The number of Topliss-reactive ketones (excluding diaryl/α,β-unsaturated/α-hetero) is 1. The van der Waals surface area contributed by atoms with Crippen molar-refractivity contribution >= 4 is 11.6 Å². The van der Waals surface area contributed by atoms with E-state index >= 15 is 0 Å².